The van der Waals surface area contributed by atoms with E-state index in [-0.39, 0.29) is 12.1 Å². The van der Waals surface area contributed by atoms with Gasteiger partial charge in [0.05, 0.1) is 0 Å². The second-order valence-electron chi connectivity index (χ2n) is 6.24. The van der Waals surface area contributed by atoms with Crippen molar-refractivity contribution < 1.29 is 4.79 Å². The maximum atomic E-state index is 12.7. The fourth-order valence-electron chi connectivity index (χ4n) is 3.26. The highest BCUT2D eigenvalue weighted by atomic mass is 35.5. The van der Waals surface area contributed by atoms with E-state index in [9.17, 15) is 4.79 Å². The lowest BCUT2D eigenvalue weighted by atomic mass is 9.99. The summed E-state index contributed by atoms with van der Waals surface area (Å²) in [4.78, 5) is 18.9. The first kappa shape index (κ1) is 16.8. The number of benzene rings is 1. The summed E-state index contributed by atoms with van der Waals surface area (Å²) in [5.74, 6) is 1.01. The van der Waals surface area contributed by atoms with E-state index in [0.717, 1.165) is 43.9 Å². The van der Waals surface area contributed by atoms with Crippen molar-refractivity contribution in [2.45, 2.75) is 45.2 Å². The molecule has 128 valence electrons. The van der Waals surface area contributed by atoms with Crippen molar-refractivity contribution in [2.24, 2.45) is 0 Å². The average molecular weight is 347 g/mol. The first-order valence-electron chi connectivity index (χ1n) is 8.44. The lowest BCUT2D eigenvalue weighted by Crippen LogP contribution is -2.46. The number of halogens is 1. The monoisotopic (exact) mass is 346 g/mol. The number of anilines is 1. The van der Waals surface area contributed by atoms with Crippen LogP contribution in [0.1, 0.15) is 31.5 Å². The number of piperidine rings is 1. The molecule has 1 atom stereocenters. The quantitative estimate of drug-likeness (QED) is 0.896. The number of likely N-dealkylation sites (tertiary alicyclic amines) is 1. The van der Waals surface area contributed by atoms with Gasteiger partial charge in [-0.05, 0) is 50.8 Å². The van der Waals surface area contributed by atoms with Crippen LogP contribution >= 0.6 is 11.6 Å². The Morgan fingerprint density at radius 2 is 2.29 bits per heavy atom. The number of imidazole rings is 1. The summed E-state index contributed by atoms with van der Waals surface area (Å²) in [6.07, 6.45) is 8.04. The fraction of sp³-hybridized carbons (Fsp3) is 0.444. The SMILES string of the molecule is Cc1nccn1CC[C@@H]1CCCCN1C(=O)Nc1cccc(Cl)c1. The van der Waals surface area contributed by atoms with E-state index in [2.05, 4.69) is 14.9 Å². The van der Waals surface area contributed by atoms with Crippen LogP contribution in [0.25, 0.3) is 0 Å². The molecule has 0 bridgehead atoms. The molecule has 0 spiro atoms. The van der Waals surface area contributed by atoms with E-state index < -0.39 is 0 Å². The van der Waals surface area contributed by atoms with Gasteiger partial charge in [0.2, 0.25) is 0 Å². The van der Waals surface area contributed by atoms with E-state index in [4.69, 9.17) is 11.6 Å². The van der Waals surface area contributed by atoms with E-state index in [1.807, 2.05) is 36.4 Å². The second-order valence-corrected chi connectivity index (χ2v) is 6.68. The van der Waals surface area contributed by atoms with Crippen LogP contribution in [0.2, 0.25) is 5.02 Å². The van der Waals surface area contributed by atoms with Gasteiger partial charge in [0, 0.05) is 42.2 Å². The molecule has 0 aliphatic carbocycles. The Balaban J connectivity index is 1.63. The zero-order chi connectivity index (χ0) is 16.9. The number of nitrogens with zero attached hydrogens (tertiary/aromatic N) is 3. The summed E-state index contributed by atoms with van der Waals surface area (Å²) in [6, 6.07) is 7.50. The normalized spacial score (nSPS) is 17.8. The van der Waals surface area contributed by atoms with Crippen LogP contribution < -0.4 is 5.32 Å². The predicted octanol–water partition coefficient (Wildman–Crippen LogP) is 4.32. The van der Waals surface area contributed by atoms with Crippen LogP contribution in [0.4, 0.5) is 10.5 Å². The van der Waals surface area contributed by atoms with Crippen LogP contribution in [0.5, 0.6) is 0 Å². The molecule has 2 heterocycles. The number of aryl methyl sites for hydroxylation is 2. The van der Waals surface area contributed by atoms with Crippen molar-refractivity contribution in [3.05, 3.63) is 47.5 Å². The number of nitrogens with one attached hydrogen (secondary N) is 1. The highest BCUT2D eigenvalue weighted by Gasteiger charge is 2.26. The molecule has 5 nitrogen and oxygen atoms in total. The third-order valence-electron chi connectivity index (χ3n) is 4.59. The topological polar surface area (TPSA) is 50.2 Å². The molecule has 3 rings (SSSR count). The number of aromatic nitrogens is 2. The predicted molar refractivity (Wildman–Crippen MR) is 96.4 cm³/mol. The van der Waals surface area contributed by atoms with Gasteiger partial charge in [-0.25, -0.2) is 9.78 Å². The van der Waals surface area contributed by atoms with Gasteiger partial charge in [0.15, 0.2) is 0 Å². The molecule has 1 aliphatic rings. The Hall–Kier alpha value is -2.01. The lowest BCUT2D eigenvalue weighted by Gasteiger charge is -2.36. The second kappa shape index (κ2) is 7.71. The molecule has 0 radical (unpaired) electrons. The molecule has 2 amide bonds. The van der Waals surface area contributed by atoms with Crippen molar-refractivity contribution in [2.75, 3.05) is 11.9 Å². The zero-order valence-corrected chi connectivity index (χ0v) is 14.7. The number of carbonyl (C=O) groups excluding carboxylic acids is 1. The molecular weight excluding hydrogens is 324 g/mol. The average Bonchev–Trinajstić information content (AvgIpc) is 2.98. The van der Waals surface area contributed by atoms with E-state index in [1.54, 1.807) is 12.1 Å². The van der Waals surface area contributed by atoms with Gasteiger partial charge in [-0.3, -0.25) is 0 Å². The minimum absolute atomic E-state index is 0.0377. The summed E-state index contributed by atoms with van der Waals surface area (Å²) in [7, 11) is 0. The van der Waals surface area contributed by atoms with E-state index in [1.165, 1.54) is 6.42 Å². The summed E-state index contributed by atoms with van der Waals surface area (Å²) in [5, 5.41) is 3.59. The number of rotatable bonds is 4. The van der Waals surface area contributed by atoms with Crippen LogP contribution in [0, 0.1) is 6.92 Å². The molecule has 1 saturated heterocycles. The van der Waals surface area contributed by atoms with E-state index in [0.29, 0.717) is 5.02 Å². The first-order valence-corrected chi connectivity index (χ1v) is 8.82. The van der Waals surface area contributed by atoms with Crippen LogP contribution in [-0.2, 0) is 6.54 Å². The van der Waals surface area contributed by atoms with Crippen molar-refractivity contribution in [1.29, 1.82) is 0 Å². The molecule has 1 N–H and O–H groups in total. The Labute approximate surface area is 147 Å². The molecule has 2 aromatic rings. The Bertz CT molecular complexity index is 700. The minimum Gasteiger partial charge on any atom is -0.335 e. The summed E-state index contributed by atoms with van der Waals surface area (Å²) >= 11 is 5.99. The highest BCUT2D eigenvalue weighted by Crippen LogP contribution is 2.22. The van der Waals surface area contributed by atoms with Gasteiger partial charge < -0.3 is 14.8 Å². The lowest BCUT2D eigenvalue weighted by molar-refractivity contribution is 0.155. The molecule has 0 unspecified atom stereocenters. The fourth-order valence-corrected chi connectivity index (χ4v) is 3.45. The van der Waals surface area contributed by atoms with Crippen molar-refractivity contribution in [3.8, 4) is 0 Å². The molecule has 6 heteroatoms. The smallest absolute Gasteiger partial charge is 0.322 e. The number of amides is 2. The molecule has 1 aromatic carbocycles. The van der Waals surface area contributed by atoms with Gasteiger partial charge >= 0.3 is 6.03 Å². The maximum absolute atomic E-state index is 12.7. The van der Waals surface area contributed by atoms with Crippen LogP contribution in [0.3, 0.4) is 0 Å². The Kier molecular flexibility index (Phi) is 5.41. The molecule has 24 heavy (non-hydrogen) atoms. The van der Waals surface area contributed by atoms with Gasteiger partial charge in [-0.15, -0.1) is 0 Å². The van der Waals surface area contributed by atoms with Crippen molar-refractivity contribution >= 4 is 23.3 Å². The molecule has 1 aliphatic heterocycles. The number of urea groups is 1. The zero-order valence-electron chi connectivity index (χ0n) is 13.9. The highest BCUT2D eigenvalue weighted by molar-refractivity contribution is 6.30. The summed E-state index contributed by atoms with van der Waals surface area (Å²) in [6.45, 7) is 3.70. The third kappa shape index (κ3) is 4.09. The van der Waals surface area contributed by atoms with Crippen LogP contribution in [-0.4, -0.2) is 33.1 Å². The van der Waals surface area contributed by atoms with Gasteiger partial charge in [0.25, 0.3) is 0 Å². The summed E-state index contributed by atoms with van der Waals surface area (Å²) in [5.41, 5.74) is 0.738. The van der Waals surface area contributed by atoms with Gasteiger partial charge in [-0.1, -0.05) is 17.7 Å². The number of hydrogen-bond donors (Lipinski definition) is 1. The van der Waals surface area contributed by atoms with E-state index >= 15 is 0 Å². The standard InChI is InChI=1S/C18H23ClN4O/c1-14-20-9-12-22(14)11-8-17-7-2-3-10-23(17)18(24)21-16-6-4-5-15(19)13-16/h4-6,9,12-13,17H,2-3,7-8,10-11H2,1H3,(H,21,24)/t17-/m0/s1. The first-order chi connectivity index (χ1) is 11.6. The molecular formula is C18H23ClN4O. The molecule has 0 saturated carbocycles. The van der Waals surface area contributed by atoms with Crippen molar-refractivity contribution in [1.82, 2.24) is 14.5 Å². The summed E-state index contributed by atoms with van der Waals surface area (Å²) < 4.78 is 2.14. The maximum Gasteiger partial charge on any atom is 0.322 e. The number of carbonyl (C=O) groups is 1. The van der Waals surface area contributed by atoms with Gasteiger partial charge in [-0.2, -0.15) is 0 Å². The Morgan fingerprint density at radius 3 is 3.04 bits per heavy atom. The Morgan fingerprint density at radius 1 is 1.42 bits per heavy atom. The van der Waals surface area contributed by atoms with Crippen molar-refractivity contribution in [3.63, 3.8) is 0 Å². The van der Waals surface area contributed by atoms with Crippen LogP contribution in [0.15, 0.2) is 36.7 Å². The molecule has 1 aromatic heterocycles. The van der Waals surface area contributed by atoms with Gasteiger partial charge in [0.1, 0.15) is 5.82 Å². The number of hydrogen-bond acceptors (Lipinski definition) is 2. The third-order valence-corrected chi connectivity index (χ3v) is 4.83. The largest absolute Gasteiger partial charge is 0.335 e. The minimum atomic E-state index is -0.0377. The molecule has 1 fully saturated rings.